The lowest BCUT2D eigenvalue weighted by molar-refractivity contribution is 0.0849. The minimum atomic E-state index is -0.526. The SMILES string of the molecule is COc1ccc2c(Cl)c(C(=O)NNC(=O)c3ccc(C(=O)NC(C)C)cc3)sc2c1. The zero-order chi connectivity index (χ0) is 21.8. The molecule has 0 saturated carbocycles. The molecule has 2 aromatic carbocycles. The second-order valence-corrected chi connectivity index (χ2v) is 8.15. The van der Waals surface area contributed by atoms with Crippen LogP contribution < -0.4 is 20.9 Å². The van der Waals surface area contributed by atoms with Crippen LogP contribution in [0.4, 0.5) is 0 Å². The molecule has 7 nitrogen and oxygen atoms in total. The van der Waals surface area contributed by atoms with E-state index in [4.69, 9.17) is 16.3 Å². The Morgan fingerprint density at radius 2 is 1.53 bits per heavy atom. The summed E-state index contributed by atoms with van der Waals surface area (Å²) in [5.41, 5.74) is 5.46. The second kappa shape index (κ2) is 9.15. The summed E-state index contributed by atoms with van der Waals surface area (Å²) in [6.45, 7) is 3.73. The molecule has 0 bridgehead atoms. The van der Waals surface area contributed by atoms with E-state index in [1.807, 2.05) is 13.8 Å². The number of amides is 3. The van der Waals surface area contributed by atoms with Crippen LogP contribution in [0.1, 0.15) is 44.2 Å². The van der Waals surface area contributed by atoms with Gasteiger partial charge >= 0.3 is 0 Å². The van der Waals surface area contributed by atoms with Gasteiger partial charge in [0.2, 0.25) is 0 Å². The number of hydrogen-bond acceptors (Lipinski definition) is 5. The molecule has 0 radical (unpaired) electrons. The van der Waals surface area contributed by atoms with Gasteiger partial charge in [0.25, 0.3) is 17.7 Å². The van der Waals surface area contributed by atoms with Gasteiger partial charge in [-0.2, -0.15) is 0 Å². The molecule has 3 rings (SSSR count). The summed E-state index contributed by atoms with van der Waals surface area (Å²) in [4.78, 5) is 37.0. The lowest BCUT2D eigenvalue weighted by Gasteiger charge is -2.09. The average Bonchev–Trinajstić information content (AvgIpc) is 3.07. The van der Waals surface area contributed by atoms with E-state index in [9.17, 15) is 14.4 Å². The molecule has 0 atom stereocenters. The monoisotopic (exact) mass is 445 g/mol. The number of carbonyl (C=O) groups is 3. The number of nitrogens with one attached hydrogen (secondary N) is 3. The molecule has 0 fully saturated rings. The van der Waals surface area contributed by atoms with Crippen LogP contribution in [0.5, 0.6) is 5.75 Å². The van der Waals surface area contributed by atoms with Crippen molar-refractivity contribution in [2.24, 2.45) is 0 Å². The molecular formula is C21H20ClN3O4S. The fraction of sp³-hybridized carbons (Fsp3) is 0.190. The van der Waals surface area contributed by atoms with Gasteiger partial charge in [-0.05, 0) is 56.3 Å². The minimum Gasteiger partial charge on any atom is -0.497 e. The third-order valence-corrected chi connectivity index (χ3v) is 5.82. The maximum atomic E-state index is 12.5. The Kier molecular flexibility index (Phi) is 6.59. The third-order valence-electron chi connectivity index (χ3n) is 4.16. The Morgan fingerprint density at radius 1 is 0.933 bits per heavy atom. The van der Waals surface area contributed by atoms with Crippen molar-refractivity contribution in [2.45, 2.75) is 19.9 Å². The number of ether oxygens (including phenoxy) is 1. The quantitative estimate of drug-likeness (QED) is 0.521. The molecule has 9 heteroatoms. The van der Waals surface area contributed by atoms with E-state index in [0.717, 1.165) is 10.1 Å². The zero-order valence-corrected chi connectivity index (χ0v) is 18.1. The van der Waals surface area contributed by atoms with Gasteiger partial charge in [0, 0.05) is 27.3 Å². The summed E-state index contributed by atoms with van der Waals surface area (Å²) in [6, 6.07) is 11.4. The zero-order valence-electron chi connectivity index (χ0n) is 16.5. The van der Waals surface area contributed by atoms with Crippen molar-refractivity contribution in [1.29, 1.82) is 0 Å². The lowest BCUT2D eigenvalue weighted by atomic mass is 10.1. The predicted molar refractivity (Wildman–Crippen MR) is 117 cm³/mol. The van der Waals surface area contributed by atoms with Crippen LogP contribution in [0.3, 0.4) is 0 Å². The first-order chi connectivity index (χ1) is 14.3. The molecule has 3 amide bonds. The minimum absolute atomic E-state index is 0.0116. The summed E-state index contributed by atoms with van der Waals surface area (Å²) in [6.07, 6.45) is 0. The van der Waals surface area contributed by atoms with Crippen molar-refractivity contribution in [1.82, 2.24) is 16.2 Å². The molecule has 3 N–H and O–H groups in total. The summed E-state index contributed by atoms with van der Waals surface area (Å²) in [5, 5.41) is 3.81. The summed E-state index contributed by atoms with van der Waals surface area (Å²) < 4.78 is 5.98. The number of benzene rings is 2. The Balaban J connectivity index is 1.66. The number of rotatable bonds is 5. The van der Waals surface area contributed by atoms with Gasteiger partial charge in [-0.15, -0.1) is 11.3 Å². The molecule has 0 aliphatic rings. The highest BCUT2D eigenvalue weighted by Gasteiger charge is 2.18. The van der Waals surface area contributed by atoms with Crippen LogP contribution in [0.2, 0.25) is 5.02 Å². The van der Waals surface area contributed by atoms with Gasteiger partial charge in [-0.1, -0.05) is 11.6 Å². The molecular weight excluding hydrogens is 426 g/mol. The van der Waals surface area contributed by atoms with E-state index in [2.05, 4.69) is 16.2 Å². The van der Waals surface area contributed by atoms with Gasteiger partial charge in [0.15, 0.2) is 0 Å². The number of halogens is 1. The lowest BCUT2D eigenvalue weighted by Crippen LogP contribution is -2.41. The fourth-order valence-electron chi connectivity index (χ4n) is 2.68. The standard InChI is InChI=1S/C21H20ClN3O4S/c1-11(2)23-19(26)12-4-6-13(7-5-12)20(27)24-25-21(28)18-17(22)15-9-8-14(29-3)10-16(15)30-18/h4-11H,1-3H3,(H,23,26)(H,24,27)(H,25,28). The predicted octanol–water partition coefficient (Wildman–Crippen LogP) is 3.78. The first-order valence-electron chi connectivity index (χ1n) is 9.07. The average molecular weight is 446 g/mol. The van der Waals surface area contributed by atoms with E-state index >= 15 is 0 Å². The molecule has 30 heavy (non-hydrogen) atoms. The Bertz CT molecular complexity index is 1110. The molecule has 1 heterocycles. The molecule has 156 valence electrons. The normalized spacial score (nSPS) is 10.7. The first kappa shape index (κ1) is 21.6. The van der Waals surface area contributed by atoms with E-state index in [-0.39, 0.29) is 16.8 Å². The largest absolute Gasteiger partial charge is 0.497 e. The van der Waals surface area contributed by atoms with E-state index in [1.165, 1.54) is 23.5 Å². The molecule has 0 spiro atoms. The first-order valence-corrected chi connectivity index (χ1v) is 10.3. The van der Waals surface area contributed by atoms with Crippen LogP contribution in [0, 0.1) is 0 Å². The highest BCUT2D eigenvalue weighted by molar-refractivity contribution is 7.21. The second-order valence-electron chi connectivity index (χ2n) is 6.72. The fourth-order valence-corrected chi connectivity index (χ4v) is 4.12. The Morgan fingerprint density at radius 3 is 2.13 bits per heavy atom. The van der Waals surface area contributed by atoms with E-state index in [1.54, 1.807) is 37.4 Å². The van der Waals surface area contributed by atoms with Crippen molar-refractivity contribution >= 4 is 50.7 Å². The molecule has 0 aliphatic heterocycles. The molecule has 0 aliphatic carbocycles. The van der Waals surface area contributed by atoms with Crippen LogP contribution in [0.15, 0.2) is 42.5 Å². The summed E-state index contributed by atoms with van der Waals surface area (Å²) >= 11 is 7.52. The number of fused-ring (bicyclic) bond motifs is 1. The molecule has 0 unspecified atom stereocenters. The number of thiophene rings is 1. The maximum Gasteiger partial charge on any atom is 0.281 e. The van der Waals surface area contributed by atoms with Crippen molar-refractivity contribution in [3.8, 4) is 5.75 Å². The number of hydrogen-bond donors (Lipinski definition) is 3. The maximum absolute atomic E-state index is 12.5. The van der Waals surface area contributed by atoms with Crippen molar-refractivity contribution in [2.75, 3.05) is 7.11 Å². The van der Waals surface area contributed by atoms with Crippen molar-refractivity contribution in [3.63, 3.8) is 0 Å². The Hall–Kier alpha value is -3.10. The van der Waals surface area contributed by atoms with Gasteiger partial charge < -0.3 is 10.1 Å². The third kappa shape index (κ3) is 4.72. The van der Waals surface area contributed by atoms with Crippen LogP contribution in [0.25, 0.3) is 10.1 Å². The van der Waals surface area contributed by atoms with Crippen molar-refractivity contribution in [3.05, 3.63) is 63.5 Å². The van der Waals surface area contributed by atoms with E-state index < -0.39 is 11.8 Å². The highest BCUT2D eigenvalue weighted by atomic mass is 35.5. The van der Waals surface area contributed by atoms with Crippen LogP contribution >= 0.6 is 22.9 Å². The van der Waals surface area contributed by atoms with Gasteiger partial charge in [-0.3, -0.25) is 25.2 Å². The van der Waals surface area contributed by atoms with Crippen LogP contribution in [-0.4, -0.2) is 30.9 Å². The van der Waals surface area contributed by atoms with Crippen LogP contribution in [-0.2, 0) is 0 Å². The molecule has 3 aromatic rings. The Labute approximate surface area is 182 Å². The highest BCUT2D eigenvalue weighted by Crippen LogP contribution is 2.37. The molecule has 0 saturated heterocycles. The van der Waals surface area contributed by atoms with Gasteiger partial charge in [0.05, 0.1) is 12.1 Å². The van der Waals surface area contributed by atoms with Gasteiger partial charge in [-0.25, -0.2) is 0 Å². The van der Waals surface area contributed by atoms with Crippen molar-refractivity contribution < 1.29 is 19.1 Å². The molecule has 1 aromatic heterocycles. The smallest absolute Gasteiger partial charge is 0.281 e. The number of methoxy groups -OCH3 is 1. The summed E-state index contributed by atoms with van der Waals surface area (Å²) in [7, 11) is 1.56. The summed E-state index contributed by atoms with van der Waals surface area (Å²) in [5.74, 6) is -0.605. The number of carbonyl (C=O) groups excluding carboxylic acids is 3. The number of hydrazine groups is 1. The van der Waals surface area contributed by atoms with E-state index in [0.29, 0.717) is 21.9 Å². The van der Waals surface area contributed by atoms with Gasteiger partial charge in [0.1, 0.15) is 10.6 Å². The topological polar surface area (TPSA) is 96.5 Å².